The molecule has 1 aliphatic heterocycles. The average molecular weight is 367 g/mol. The molecule has 1 aromatic carbocycles. The van der Waals surface area contributed by atoms with Gasteiger partial charge in [-0.25, -0.2) is 18.4 Å². The maximum absolute atomic E-state index is 14.4. The summed E-state index contributed by atoms with van der Waals surface area (Å²) in [5.74, 6) is -5.04. The van der Waals surface area contributed by atoms with Crippen LogP contribution in [0.1, 0.15) is 25.3 Å². The van der Waals surface area contributed by atoms with E-state index < -0.39 is 29.5 Å². The number of carbonyl (C=O) groups is 2. The van der Waals surface area contributed by atoms with Crippen molar-refractivity contribution in [2.45, 2.75) is 19.8 Å². The zero-order valence-electron chi connectivity index (χ0n) is 14.6. The van der Waals surface area contributed by atoms with Gasteiger partial charge in [0.15, 0.2) is 0 Å². The van der Waals surface area contributed by atoms with Crippen molar-refractivity contribution < 1.29 is 33.0 Å². The molecule has 0 saturated carbocycles. The normalized spacial score (nSPS) is 17.2. The quantitative estimate of drug-likeness (QED) is 0.594. The number of allylic oxidation sites excluding steroid dienone is 2. The molecule has 0 amide bonds. The summed E-state index contributed by atoms with van der Waals surface area (Å²) >= 11 is 0. The number of hydrogen-bond donors (Lipinski definition) is 2. The molecular weight excluding hydrogens is 348 g/mol. The number of dihydropyridines is 1. The first-order chi connectivity index (χ1) is 12.3. The first-order valence-electron chi connectivity index (χ1n) is 7.80. The van der Waals surface area contributed by atoms with Crippen LogP contribution in [-0.2, 0) is 19.1 Å². The summed E-state index contributed by atoms with van der Waals surface area (Å²) in [6, 6.07) is 2.70. The minimum Gasteiger partial charge on any atom is -0.478 e. The highest BCUT2D eigenvalue weighted by Crippen LogP contribution is 2.39. The zero-order valence-corrected chi connectivity index (χ0v) is 14.6. The van der Waals surface area contributed by atoms with E-state index in [1.54, 1.807) is 6.92 Å². The highest BCUT2D eigenvalue weighted by molar-refractivity contribution is 5.99. The molecule has 8 heteroatoms. The smallest absolute Gasteiger partial charge is 0.336 e. The second-order valence-electron chi connectivity index (χ2n) is 5.74. The van der Waals surface area contributed by atoms with Crippen LogP contribution in [0.25, 0.3) is 0 Å². The number of carbonyl (C=O) groups excluding carboxylic acids is 1. The number of carboxylic acid groups (broad SMARTS) is 1. The molecule has 2 N–H and O–H groups in total. The molecule has 26 heavy (non-hydrogen) atoms. The van der Waals surface area contributed by atoms with Crippen molar-refractivity contribution in [3.8, 4) is 0 Å². The Morgan fingerprint density at radius 2 is 1.81 bits per heavy atom. The summed E-state index contributed by atoms with van der Waals surface area (Å²) in [7, 11) is 1.43. The minimum absolute atomic E-state index is 0.0600. The Morgan fingerprint density at radius 1 is 1.15 bits per heavy atom. The predicted octanol–water partition coefficient (Wildman–Crippen LogP) is 2.47. The molecule has 1 aliphatic rings. The molecule has 0 bridgehead atoms. The third kappa shape index (κ3) is 3.91. The van der Waals surface area contributed by atoms with E-state index in [1.165, 1.54) is 14.0 Å². The molecule has 1 aromatic rings. The number of halogens is 2. The van der Waals surface area contributed by atoms with Gasteiger partial charge in [-0.05, 0) is 32.0 Å². The predicted molar refractivity (Wildman–Crippen MR) is 88.1 cm³/mol. The van der Waals surface area contributed by atoms with Gasteiger partial charge < -0.3 is 19.9 Å². The summed E-state index contributed by atoms with van der Waals surface area (Å²) in [5.41, 5.74) is -0.0469. The van der Waals surface area contributed by atoms with Crippen molar-refractivity contribution in [3.63, 3.8) is 0 Å². The average Bonchev–Trinajstić information content (AvgIpc) is 2.56. The van der Waals surface area contributed by atoms with E-state index in [2.05, 4.69) is 5.32 Å². The van der Waals surface area contributed by atoms with Crippen LogP contribution in [0.15, 0.2) is 40.7 Å². The third-order valence-corrected chi connectivity index (χ3v) is 4.00. The molecule has 0 aliphatic carbocycles. The number of ether oxygens (including phenoxy) is 2. The van der Waals surface area contributed by atoms with Gasteiger partial charge in [-0.1, -0.05) is 0 Å². The highest BCUT2D eigenvalue weighted by atomic mass is 19.1. The zero-order chi connectivity index (χ0) is 19.4. The SMILES string of the molecule is COCCOC(=O)C1=C(C)NC(C)=C(C(=O)O)C1c1cc(F)ccc1F. The number of nitrogens with one attached hydrogen (secondary N) is 1. The lowest BCUT2D eigenvalue weighted by atomic mass is 9.80. The number of benzene rings is 1. The Morgan fingerprint density at radius 3 is 2.42 bits per heavy atom. The fraction of sp³-hybridized carbons (Fsp3) is 0.333. The summed E-state index contributed by atoms with van der Waals surface area (Å²) in [6.45, 7) is 3.12. The monoisotopic (exact) mass is 367 g/mol. The molecule has 1 unspecified atom stereocenters. The number of aliphatic carboxylic acids is 1. The first-order valence-corrected chi connectivity index (χ1v) is 7.80. The fourth-order valence-corrected chi connectivity index (χ4v) is 2.89. The number of carboxylic acids is 1. The molecule has 0 saturated heterocycles. The maximum Gasteiger partial charge on any atom is 0.336 e. The van der Waals surface area contributed by atoms with Crippen LogP contribution in [0.5, 0.6) is 0 Å². The van der Waals surface area contributed by atoms with E-state index in [1.807, 2.05) is 0 Å². The van der Waals surface area contributed by atoms with Crippen molar-refractivity contribution in [1.82, 2.24) is 5.32 Å². The molecule has 6 nitrogen and oxygen atoms in total. The Hall–Kier alpha value is -2.74. The minimum atomic E-state index is -1.35. The second-order valence-corrected chi connectivity index (χ2v) is 5.74. The van der Waals surface area contributed by atoms with E-state index in [-0.39, 0.29) is 35.6 Å². The Kier molecular flexibility index (Phi) is 6.10. The van der Waals surface area contributed by atoms with Crippen molar-refractivity contribution in [2.24, 2.45) is 0 Å². The van der Waals surface area contributed by atoms with Gasteiger partial charge in [-0.3, -0.25) is 0 Å². The molecule has 1 heterocycles. The molecule has 0 spiro atoms. The second kappa shape index (κ2) is 8.09. The van der Waals surface area contributed by atoms with E-state index in [4.69, 9.17) is 9.47 Å². The van der Waals surface area contributed by atoms with E-state index in [0.717, 1.165) is 18.2 Å². The Balaban J connectivity index is 2.59. The summed E-state index contributed by atoms with van der Waals surface area (Å²) < 4.78 is 38.0. The van der Waals surface area contributed by atoms with Crippen molar-refractivity contribution in [3.05, 3.63) is 57.9 Å². The first kappa shape index (κ1) is 19.6. The molecule has 0 fully saturated rings. The lowest BCUT2D eigenvalue weighted by Gasteiger charge is -2.29. The van der Waals surface area contributed by atoms with Gasteiger partial charge >= 0.3 is 11.9 Å². The Labute approximate surface area is 149 Å². The van der Waals surface area contributed by atoms with Gasteiger partial charge in [0, 0.05) is 24.1 Å². The summed E-state index contributed by atoms with van der Waals surface area (Å²) in [6.07, 6.45) is 0. The summed E-state index contributed by atoms with van der Waals surface area (Å²) in [5, 5.41) is 12.4. The third-order valence-electron chi connectivity index (χ3n) is 4.00. The van der Waals surface area contributed by atoms with Crippen molar-refractivity contribution in [2.75, 3.05) is 20.3 Å². The molecule has 0 radical (unpaired) electrons. The number of esters is 1. The fourth-order valence-electron chi connectivity index (χ4n) is 2.89. The van der Waals surface area contributed by atoms with Gasteiger partial charge in [0.25, 0.3) is 0 Å². The van der Waals surface area contributed by atoms with Crippen LogP contribution in [0.4, 0.5) is 8.78 Å². The molecule has 1 atom stereocenters. The lowest BCUT2D eigenvalue weighted by molar-refractivity contribution is -0.140. The van der Waals surface area contributed by atoms with Gasteiger partial charge in [0.2, 0.25) is 0 Å². The summed E-state index contributed by atoms with van der Waals surface area (Å²) in [4.78, 5) is 24.3. The van der Waals surface area contributed by atoms with Gasteiger partial charge in [-0.2, -0.15) is 0 Å². The van der Waals surface area contributed by atoms with Gasteiger partial charge in [0.05, 0.1) is 23.7 Å². The van der Waals surface area contributed by atoms with E-state index in [0.29, 0.717) is 5.70 Å². The van der Waals surface area contributed by atoms with Crippen LogP contribution < -0.4 is 5.32 Å². The highest BCUT2D eigenvalue weighted by Gasteiger charge is 2.38. The van der Waals surface area contributed by atoms with E-state index in [9.17, 15) is 23.5 Å². The van der Waals surface area contributed by atoms with Gasteiger partial charge in [-0.15, -0.1) is 0 Å². The van der Waals surface area contributed by atoms with Crippen LogP contribution in [-0.4, -0.2) is 37.4 Å². The van der Waals surface area contributed by atoms with Crippen LogP contribution in [0.3, 0.4) is 0 Å². The lowest BCUT2D eigenvalue weighted by Crippen LogP contribution is -2.32. The van der Waals surface area contributed by atoms with Crippen LogP contribution in [0, 0.1) is 11.6 Å². The van der Waals surface area contributed by atoms with Crippen molar-refractivity contribution in [1.29, 1.82) is 0 Å². The number of rotatable bonds is 6. The standard InChI is InChI=1S/C18H19F2NO5/c1-9-14(17(22)23)16(12-8-11(19)4-5-13(12)20)15(10(2)21-9)18(24)26-7-6-25-3/h4-5,8,16,21H,6-7H2,1-3H3,(H,22,23). The maximum atomic E-state index is 14.4. The largest absolute Gasteiger partial charge is 0.478 e. The Bertz CT molecular complexity index is 801. The molecule has 2 rings (SSSR count). The van der Waals surface area contributed by atoms with Crippen LogP contribution in [0.2, 0.25) is 0 Å². The number of hydrogen-bond acceptors (Lipinski definition) is 5. The van der Waals surface area contributed by atoms with Crippen molar-refractivity contribution >= 4 is 11.9 Å². The van der Waals surface area contributed by atoms with Crippen LogP contribution >= 0.6 is 0 Å². The van der Waals surface area contributed by atoms with Gasteiger partial charge in [0.1, 0.15) is 18.2 Å². The topological polar surface area (TPSA) is 84.9 Å². The van der Waals surface area contributed by atoms with E-state index >= 15 is 0 Å². The number of methoxy groups -OCH3 is 1. The molecule has 0 aromatic heterocycles. The molecular formula is C18H19F2NO5. The molecule has 140 valence electrons.